The molecule has 24 heavy (non-hydrogen) atoms. The maximum Gasteiger partial charge on any atom is 0.241 e. The lowest BCUT2D eigenvalue weighted by Crippen LogP contribution is -2.49. The molecule has 1 unspecified atom stereocenters. The number of likely N-dealkylation sites (tertiary alicyclic amines) is 1. The van der Waals surface area contributed by atoms with Crippen molar-refractivity contribution in [2.45, 2.75) is 37.1 Å². The van der Waals surface area contributed by atoms with E-state index in [1.165, 1.54) is 12.1 Å². The molecule has 0 aliphatic carbocycles. The predicted molar refractivity (Wildman–Crippen MR) is 94.1 cm³/mol. The number of hydrogen-bond donors (Lipinski definition) is 2. The smallest absolute Gasteiger partial charge is 0.241 e. The summed E-state index contributed by atoms with van der Waals surface area (Å²) in [6.45, 7) is 4.00. The standard InChI is InChI=1S/C17H27N3O3S/c1-14(19-24(22,23)16-6-4-3-5-7-16)17(21)20-12-9-15(10-13-20)8-11-18-2/h3-7,14-15,18-19H,8-13H2,1-2H3. The number of nitrogens with one attached hydrogen (secondary N) is 2. The minimum absolute atomic E-state index is 0.151. The van der Waals surface area contributed by atoms with Gasteiger partial charge in [0.05, 0.1) is 10.9 Å². The third-order valence-electron chi connectivity index (χ3n) is 4.48. The fourth-order valence-electron chi connectivity index (χ4n) is 3.02. The monoisotopic (exact) mass is 353 g/mol. The average molecular weight is 353 g/mol. The van der Waals surface area contributed by atoms with E-state index in [2.05, 4.69) is 10.0 Å². The molecule has 7 heteroatoms. The zero-order valence-electron chi connectivity index (χ0n) is 14.4. The van der Waals surface area contributed by atoms with Crippen LogP contribution in [0.15, 0.2) is 35.2 Å². The second-order valence-corrected chi connectivity index (χ2v) is 8.03. The van der Waals surface area contributed by atoms with Gasteiger partial charge in [-0.3, -0.25) is 4.79 Å². The summed E-state index contributed by atoms with van der Waals surface area (Å²) in [5.74, 6) is 0.486. The molecule has 0 aromatic heterocycles. The van der Waals surface area contributed by atoms with Crippen LogP contribution in [-0.4, -0.2) is 51.9 Å². The summed E-state index contributed by atoms with van der Waals surface area (Å²) in [6.07, 6.45) is 3.08. The van der Waals surface area contributed by atoms with Gasteiger partial charge in [0.2, 0.25) is 15.9 Å². The number of rotatable bonds is 7. The van der Waals surface area contributed by atoms with E-state index >= 15 is 0 Å². The first kappa shape index (κ1) is 18.9. The van der Waals surface area contributed by atoms with Crippen LogP contribution in [0.3, 0.4) is 0 Å². The minimum Gasteiger partial charge on any atom is -0.341 e. The van der Waals surface area contributed by atoms with Crippen LogP contribution in [0.2, 0.25) is 0 Å². The molecule has 134 valence electrons. The van der Waals surface area contributed by atoms with E-state index in [4.69, 9.17) is 0 Å². The van der Waals surface area contributed by atoms with Gasteiger partial charge in [-0.05, 0) is 57.8 Å². The summed E-state index contributed by atoms with van der Waals surface area (Å²) in [5.41, 5.74) is 0. The lowest BCUT2D eigenvalue weighted by Gasteiger charge is -2.33. The maximum absolute atomic E-state index is 12.5. The summed E-state index contributed by atoms with van der Waals surface area (Å²) >= 11 is 0. The maximum atomic E-state index is 12.5. The topological polar surface area (TPSA) is 78.5 Å². The highest BCUT2D eigenvalue weighted by Gasteiger charge is 2.28. The molecule has 0 saturated carbocycles. The third kappa shape index (κ3) is 5.03. The molecule has 1 aliphatic rings. The van der Waals surface area contributed by atoms with E-state index in [1.54, 1.807) is 30.0 Å². The Bertz CT molecular complexity index is 626. The van der Waals surface area contributed by atoms with Crippen molar-refractivity contribution in [3.63, 3.8) is 0 Å². The van der Waals surface area contributed by atoms with Crippen molar-refractivity contribution in [2.24, 2.45) is 5.92 Å². The zero-order valence-corrected chi connectivity index (χ0v) is 15.2. The molecule has 2 N–H and O–H groups in total. The molecule has 0 radical (unpaired) electrons. The second-order valence-electron chi connectivity index (χ2n) is 6.32. The van der Waals surface area contributed by atoms with Gasteiger partial charge in [-0.15, -0.1) is 0 Å². The largest absolute Gasteiger partial charge is 0.341 e. The van der Waals surface area contributed by atoms with Crippen LogP contribution < -0.4 is 10.0 Å². The van der Waals surface area contributed by atoms with Crippen LogP contribution in [0.4, 0.5) is 0 Å². The molecule has 1 aliphatic heterocycles. The van der Waals surface area contributed by atoms with Crippen LogP contribution in [0.1, 0.15) is 26.2 Å². The number of carbonyl (C=O) groups is 1. The van der Waals surface area contributed by atoms with Gasteiger partial charge in [0.1, 0.15) is 0 Å². The minimum atomic E-state index is -3.67. The van der Waals surface area contributed by atoms with E-state index in [9.17, 15) is 13.2 Å². The molecule has 1 aromatic rings. The van der Waals surface area contributed by atoms with Crippen LogP contribution in [0.5, 0.6) is 0 Å². The van der Waals surface area contributed by atoms with Crippen molar-refractivity contribution in [2.75, 3.05) is 26.7 Å². The van der Waals surface area contributed by atoms with Crippen molar-refractivity contribution in [1.29, 1.82) is 0 Å². The zero-order chi connectivity index (χ0) is 17.6. The highest BCUT2D eigenvalue weighted by Crippen LogP contribution is 2.20. The van der Waals surface area contributed by atoms with Gasteiger partial charge >= 0.3 is 0 Å². The van der Waals surface area contributed by atoms with E-state index in [1.807, 2.05) is 7.05 Å². The molecule has 1 heterocycles. The Kier molecular flexibility index (Phi) is 6.77. The third-order valence-corrected chi connectivity index (χ3v) is 6.04. The molecule has 1 amide bonds. The van der Waals surface area contributed by atoms with Crippen LogP contribution in [-0.2, 0) is 14.8 Å². The lowest BCUT2D eigenvalue weighted by atomic mass is 9.93. The summed E-state index contributed by atoms with van der Waals surface area (Å²) in [5, 5.41) is 3.15. The van der Waals surface area contributed by atoms with Crippen molar-refractivity contribution in [1.82, 2.24) is 14.9 Å². The Hall–Kier alpha value is -1.44. The Labute approximate surface area is 144 Å². The highest BCUT2D eigenvalue weighted by atomic mass is 32.2. The fraction of sp³-hybridized carbons (Fsp3) is 0.588. The van der Waals surface area contributed by atoms with E-state index < -0.39 is 16.1 Å². The fourth-order valence-corrected chi connectivity index (χ4v) is 4.23. The number of sulfonamides is 1. The van der Waals surface area contributed by atoms with Crippen molar-refractivity contribution >= 4 is 15.9 Å². The number of nitrogens with zero attached hydrogens (tertiary/aromatic N) is 1. The van der Waals surface area contributed by atoms with Crippen LogP contribution in [0, 0.1) is 5.92 Å². The van der Waals surface area contributed by atoms with Gasteiger partial charge in [0.15, 0.2) is 0 Å². The molecule has 1 saturated heterocycles. The number of hydrogen-bond acceptors (Lipinski definition) is 4. The van der Waals surface area contributed by atoms with Gasteiger partial charge in [-0.1, -0.05) is 18.2 Å². The summed E-state index contributed by atoms with van der Waals surface area (Å²) in [7, 11) is -1.73. The van der Waals surface area contributed by atoms with E-state index in [-0.39, 0.29) is 10.8 Å². The van der Waals surface area contributed by atoms with E-state index in [0.717, 1.165) is 25.8 Å². The van der Waals surface area contributed by atoms with Gasteiger partial charge in [0.25, 0.3) is 0 Å². The lowest BCUT2D eigenvalue weighted by molar-refractivity contribution is -0.134. The SMILES string of the molecule is CNCCC1CCN(C(=O)C(C)NS(=O)(=O)c2ccccc2)CC1. The van der Waals surface area contributed by atoms with Gasteiger partial charge in [-0.2, -0.15) is 4.72 Å². The molecule has 0 bridgehead atoms. The molecule has 1 aromatic carbocycles. The molecule has 0 spiro atoms. The summed E-state index contributed by atoms with van der Waals surface area (Å²) in [4.78, 5) is 14.5. The second kappa shape index (κ2) is 8.60. The number of benzene rings is 1. The quantitative estimate of drug-likeness (QED) is 0.772. The van der Waals surface area contributed by atoms with Crippen molar-refractivity contribution in [3.05, 3.63) is 30.3 Å². The average Bonchev–Trinajstić information content (AvgIpc) is 2.60. The first-order chi connectivity index (χ1) is 11.4. The molecule has 2 rings (SSSR count). The van der Waals surface area contributed by atoms with Gasteiger partial charge in [0, 0.05) is 13.1 Å². The summed E-state index contributed by atoms with van der Waals surface area (Å²) < 4.78 is 27.1. The molecule has 1 atom stereocenters. The molecule has 6 nitrogen and oxygen atoms in total. The first-order valence-corrected chi connectivity index (χ1v) is 9.93. The number of carbonyl (C=O) groups excluding carboxylic acids is 1. The molecular weight excluding hydrogens is 326 g/mol. The Morgan fingerprint density at radius 1 is 1.25 bits per heavy atom. The first-order valence-electron chi connectivity index (χ1n) is 8.45. The van der Waals surface area contributed by atoms with Crippen molar-refractivity contribution < 1.29 is 13.2 Å². The molecular formula is C17H27N3O3S. The number of amides is 1. The number of piperidine rings is 1. The van der Waals surface area contributed by atoms with Crippen molar-refractivity contribution in [3.8, 4) is 0 Å². The summed E-state index contributed by atoms with van der Waals surface area (Å²) in [6, 6.07) is 7.36. The van der Waals surface area contributed by atoms with E-state index in [0.29, 0.717) is 19.0 Å². The van der Waals surface area contributed by atoms with Crippen LogP contribution in [0.25, 0.3) is 0 Å². The Morgan fingerprint density at radius 3 is 2.46 bits per heavy atom. The Balaban J connectivity index is 1.89. The normalized spacial score (nSPS) is 17.7. The van der Waals surface area contributed by atoms with Crippen LogP contribution >= 0.6 is 0 Å². The predicted octanol–water partition coefficient (Wildman–Crippen LogP) is 1.20. The molecule has 1 fully saturated rings. The van der Waals surface area contributed by atoms with Gasteiger partial charge in [-0.25, -0.2) is 8.42 Å². The Morgan fingerprint density at radius 2 is 1.88 bits per heavy atom. The highest BCUT2D eigenvalue weighted by molar-refractivity contribution is 7.89. The van der Waals surface area contributed by atoms with Gasteiger partial charge < -0.3 is 10.2 Å².